The molecule has 3 atom stereocenters. The molecule has 136 valence electrons. The van der Waals surface area contributed by atoms with Gasteiger partial charge < -0.3 is 15.7 Å². The SMILES string of the molecule is O=C1NC(c2ccc(Br)cc2)C(C(=O)c2ccccc2)C(O)(C(Cl)Cl)N1. The van der Waals surface area contributed by atoms with Crippen molar-refractivity contribution in [1.29, 1.82) is 0 Å². The van der Waals surface area contributed by atoms with Gasteiger partial charge in [-0.05, 0) is 17.7 Å². The van der Waals surface area contributed by atoms with Crippen LogP contribution in [0.4, 0.5) is 4.79 Å². The first-order chi connectivity index (χ1) is 12.3. The van der Waals surface area contributed by atoms with Crippen LogP contribution in [0.15, 0.2) is 59.1 Å². The third-order valence-corrected chi connectivity index (χ3v) is 5.50. The van der Waals surface area contributed by atoms with Crippen molar-refractivity contribution in [1.82, 2.24) is 10.6 Å². The number of hydrogen-bond donors (Lipinski definition) is 3. The number of benzene rings is 2. The molecule has 1 heterocycles. The molecule has 2 amide bonds. The van der Waals surface area contributed by atoms with Gasteiger partial charge in [-0.1, -0.05) is 81.6 Å². The Morgan fingerprint density at radius 2 is 1.73 bits per heavy atom. The van der Waals surface area contributed by atoms with Gasteiger partial charge in [-0.2, -0.15) is 0 Å². The van der Waals surface area contributed by atoms with Gasteiger partial charge in [-0.25, -0.2) is 4.79 Å². The highest BCUT2D eigenvalue weighted by Crippen LogP contribution is 2.40. The molecule has 0 bridgehead atoms. The van der Waals surface area contributed by atoms with E-state index in [1.807, 2.05) is 0 Å². The molecule has 1 aliphatic rings. The molecular weight excluding hydrogens is 443 g/mol. The average Bonchev–Trinajstić information content (AvgIpc) is 2.62. The number of hydrogen-bond acceptors (Lipinski definition) is 3. The highest BCUT2D eigenvalue weighted by molar-refractivity contribution is 9.10. The number of rotatable bonds is 4. The van der Waals surface area contributed by atoms with Crippen LogP contribution in [0.25, 0.3) is 0 Å². The Morgan fingerprint density at radius 1 is 1.12 bits per heavy atom. The molecule has 2 aromatic carbocycles. The normalized spacial score (nSPS) is 25.5. The van der Waals surface area contributed by atoms with Crippen LogP contribution < -0.4 is 10.6 Å². The predicted molar refractivity (Wildman–Crippen MR) is 103 cm³/mol. The Kier molecular flexibility index (Phi) is 5.58. The number of amides is 2. The van der Waals surface area contributed by atoms with Gasteiger partial charge in [0.1, 0.15) is 0 Å². The molecule has 3 rings (SSSR count). The van der Waals surface area contributed by atoms with Gasteiger partial charge >= 0.3 is 6.03 Å². The summed E-state index contributed by atoms with van der Waals surface area (Å²) in [6, 6.07) is 14.1. The number of halogens is 3. The van der Waals surface area contributed by atoms with Crippen LogP contribution in [0.2, 0.25) is 0 Å². The summed E-state index contributed by atoms with van der Waals surface area (Å²) in [7, 11) is 0. The maximum absolute atomic E-state index is 13.2. The van der Waals surface area contributed by atoms with Gasteiger partial charge in [0.15, 0.2) is 16.3 Å². The van der Waals surface area contributed by atoms with E-state index in [2.05, 4.69) is 26.6 Å². The Bertz CT molecular complexity index is 817. The van der Waals surface area contributed by atoms with E-state index < -0.39 is 28.6 Å². The maximum atomic E-state index is 13.2. The lowest BCUT2D eigenvalue weighted by molar-refractivity contribution is -0.0414. The molecular formula is C18H15BrCl2N2O3. The summed E-state index contributed by atoms with van der Waals surface area (Å²) >= 11 is 15.3. The molecule has 3 unspecified atom stereocenters. The van der Waals surface area contributed by atoms with E-state index in [1.54, 1.807) is 54.6 Å². The topological polar surface area (TPSA) is 78.4 Å². The van der Waals surface area contributed by atoms with Crippen LogP contribution >= 0.6 is 39.1 Å². The number of nitrogens with one attached hydrogen (secondary N) is 2. The first-order valence-corrected chi connectivity index (χ1v) is 9.43. The summed E-state index contributed by atoms with van der Waals surface area (Å²) in [6.45, 7) is 0. The first-order valence-electron chi connectivity index (χ1n) is 7.77. The van der Waals surface area contributed by atoms with Gasteiger partial charge in [0.2, 0.25) is 0 Å². The molecule has 0 saturated carbocycles. The van der Waals surface area contributed by atoms with E-state index in [4.69, 9.17) is 23.2 Å². The number of Topliss-reactive ketones (excluding diaryl/α,β-unsaturated/α-hetero) is 1. The van der Waals surface area contributed by atoms with Gasteiger partial charge in [0.25, 0.3) is 0 Å². The Labute approximate surface area is 168 Å². The second kappa shape index (κ2) is 7.56. The van der Waals surface area contributed by atoms with E-state index in [0.29, 0.717) is 11.1 Å². The third-order valence-electron chi connectivity index (χ3n) is 4.31. The first kappa shape index (κ1) is 19.2. The van der Waals surface area contributed by atoms with E-state index >= 15 is 0 Å². The van der Waals surface area contributed by atoms with Crippen LogP contribution in [0, 0.1) is 5.92 Å². The molecule has 0 spiro atoms. The van der Waals surface area contributed by atoms with Gasteiger partial charge in [-0.15, -0.1) is 0 Å². The summed E-state index contributed by atoms with van der Waals surface area (Å²) in [5, 5.41) is 16.0. The van der Waals surface area contributed by atoms with Gasteiger partial charge in [0.05, 0.1) is 12.0 Å². The summed E-state index contributed by atoms with van der Waals surface area (Å²) in [5.41, 5.74) is -1.11. The minimum absolute atomic E-state index is 0.380. The molecule has 1 aliphatic heterocycles. The monoisotopic (exact) mass is 456 g/mol. The molecule has 26 heavy (non-hydrogen) atoms. The van der Waals surface area contributed by atoms with Crippen molar-refractivity contribution in [2.45, 2.75) is 16.6 Å². The zero-order valence-corrected chi connectivity index (χ0v) is 16.4. The fraction of sp³-hybridized carbons (Fsp3) is 0.222. The highest BCUT2D eigenvalue weighted by Gasteiger charge is 2.55. The zero-order valence-electron chi connectivity index (χ0n) is 13.3. The van der Waals surface area contributed by atoms with Crippen molar-refractivity contribution in [3.63, 3.8) is 0 Å². The lowest BCUT2D eigenvalue weighted by Crippen LogP contribution is -2.69. The number of carbonyl (C=O) groups is 2. The smallest absolute Gasteiger partial charge is 0.317 e. The molecule has 1 saturated heterocycles. The second-order valence-corrected chi connectivity index (χ2v) is 7.97. The number of carbonyl (C=O) groups excluding carboxylic acids is 2. The van der Waals surface area contributed by atoms with Gasteiger partial charge in [-0.3, -0.25) is 4.79 Å². The Balaban J connectivity index is 2.11. The van der Waals surface area contributed by atoms with Crippen molar-refractivity contribution in [3.05, 3.63) is 70.2 Å². The number of alkyl halides is 2. The second-order valence-electron chi connectivity index (χ2n) is 5.96. The standard InChI is InChI=1S/C18H15BrCl2N2O3/c19-12-8-6-10(7-9-12)14-13(15(24)11-4-2-1-3-5-11)18(26,16(20)21)23-17(25)22-14/h1-9,13-14,16,26H,(H2,22,23,25). The van der Waals surface area contributed by atoms with E-state index in [9.17, 15) is 14.7 Å². The van der Waals surface area contributed by atoms with Crippen molar-refractivity contribution in [2.24, 2.45) is 5.92 Å². The number of ketones is 1. The van der Waals surface area contributed by atoms with Crippen molar-refractivity contribution in [2.75, 3.05) is 0 Å². The molecule has 3 N–H and O–H groups in total. The summed E-state index contributed by atoms with van der Waals surface area (Å²) in [6.07, 6.45) is 0. The summed E-state index contributed by atoms with van der Waals surface area (Å²) in [5.74, 6) is -1.52. The molecule has 1 fully saturated rings. The third kappa shape index (κ3) is 3.60. The van der Waals surface area contributed by atoms with E-state index in [-0.39, 0.29) is 5.78 Å². The summed E-state index contributed by atoms with van der Waals surface area (Å²) < 4.78 is 0.843. The van der Waals surface area contributed by atoms with Crippen LogP contribution in [-0.2, 0) is 0 Å². The molecule has 0 aliphatic carbocycles. The van der Waals surface area contributed by atoms with Crippen molar-refractivity contribution >= 4 is 50.9 Å². The zero-order chi connectivity index (χ0) is 18.9. The molecule has 0 aromatic heterocycles. The predicted octanol–water partition coefficient (Wildman–Crippen LogP) is 3.79. The summed E-state index contributed by atoms with van der Waals surface area (Å²) in [4.78, 5) is 23.9. The Hall–Kier alpha value is -1.60. The lowest BCUT2D eigenvalue weighted by Gasteiger charge is -2.45. The van der Waals surface area contributed by atoms with Crippen LogP contribution in [0.3, 0.4) is 0 Å². The van der Waals surface area contributed by atoms with E-state index in [1.165, 1.54) is 0 Å². The number of urea groups is 1. The minimum atomic E-state index is -2.13. The lowest BCUT2D eigenvalue weighted by atomic mass is 9.78. The Morgan fingerprint density at radius 3 is 2.31 bits per heavy atom. The van der Waals surface area contributed by atoms with Crippen molar-refractivity contribution < 1.29 is 14.7 Å². The fourth-order valence-electron chi connectivity index (χ4n) is 3.04. The number of aliphatic hydroxyl groups is 1. The van der Waals surface area contributed by atoms with Gasteiger partial charge in [0, 0.05) is 10.0 Å². The molecule has 8 heteroatoms. The quantitative estimate of drug-likeness (QED) is 0.482. The van der Waals surface area contributed by atoms with Crippen LogP contribution in [0.1, 0.15) is 22.0 Å². The minimum Gasteiger partial charge on any atom is -0.368 e. The van der Waals surface area contributed by atoms with E-state index in [0.717, 1.165) is 4.47 Å². The molecule has 5 nitrogen and oxygen atoms in total. The highest BCUT2D eigenvalue weighted by atomic mass is 79.9. The van der Waals surface area contributed by atoms with Crippen LogP contribution in [0.5, 0.6) is 0 Å². The molecule has 0 radical (unpaired) electrons. The fourth-order valence-corrected chi connectivity index (χ4v) is 3.69. The van der Waals surface area contributed by atoms with Crippen molar-refractivity contribution in [3.8, 4) is 0 Å². The largest absolute Gasteiger partial charge is 0.368 e. The average molecular weight is 458 g/mol. The maximum Gasteiger partial charge on any atom is 0.317 e. The molecule has 2 aromatic rings. The van der Waals surface area contributed by atoms with Crippen LogP contribution in [-0.4, -0.2) is 27.5 Å².